The highest BCUT2D eigenvalue weighted by Crippen LogP contribution is 2.34. The second kappa shape index (κ2) is 6.72. The van der Waals surface area contributed by atoms with Crippen molar-refractivity contribution in [3.8, 4) is 0 Å². The van der Waals surface area contributed by atoms with Gasteiger partial charge in [0.2, 0.25) is 0 Å². The molecule has 2 atom stereocenters. The number of aliphatic hydroxyl groups excluding tert-OH is 1. The maximum Gasteiger partial charge on any atom is 0.150 e. The molecule has 0 spiro atoms. The third kappa shape index (κ3) is 3.26. The summed E-state index contributed by atoms with van der Waals surface area (Å²) in [4.78, 5) is 9.04. The highest BCUT2D eigenvalue weighted by Gasteiger charge is 2.37. The molecule has 1 saturated carbocycles. The van der Waals surface area contributed by atoms with Crippen molar-refractivity contribution in [1.29, 1.82) is 0 Å². The molecule has 7 heteroatoms. The summed E-state index contributed by atoms with van der Waals surface area (Å²) >= 11 is 0. The van der Waals surface area contributed by atoms with E-state index in [1.165, 1.54) is 24.9 Å². The molecule has 2 aliphatic heterocycles. The fraction of sp³-hybridized carbons (Fsp3) is 0.632. The van der Waals surface area contributed by atoms with Crippen molar-refractivity contribution < 1.29 is 5.11 Å². The number of pyridine rings is 1. The summed E-state index contributed by atoms with van der Waals surface area (Å²) in [5.41, 5.74) is 1.17. The van der Waals surface area contributed by atoms with Gasteiger partial charge in [-0.05, 0) is 36.8 Å². The van der Waals surface area contributed by atoms with Crippen LogP contribution in [0.25, 0.3) is 0 Å². The molecule has 2 aromatic heterocycles. The molecule has 2 aromatic rings. The molecule has 138 valence electrons. The third-order valence-corrected chi connectivity index (χ3v) is 5.86. The van der Waals surface area contributed by atoms with Gasteiger partial charge in [-0.25, -0.2) is 0 Å². The lowest BCUT2D eigenvalue weighted by Gasteiger charge is -2.29. The molecule has 26 heavy (non-hydrogen) atoms. The van der Waals surface area contributed by atoms with Crippen molar-refractivity contribution in [2.45, 2.75) is 51.0 Å². The van der Waals surface area contributed by atoms with E-state index in [2.05, 4.69) is 35.6 Å². The molecule has 0 aromatic carbocycles. The van der Waals surface area contributed by atoms with Crippen LogP contribution >= 0.6 is 0 Å². The minimum Gasteiger partial charge on any atom is -0.392 e. The maximum atomic E-state index is 10.3. The first-order valence-electron chi connectivity index (χ1n) is 9.71. The van der Waals surface area contributed by atoms with E-state index >= 15 is 0 Å². The molecular formula is C19H26N6O. The number of nitrogens with zero attached hydrogens (tertiary/aromatic N) is 6. The first-order chi connectivity index (χ1) is 12.8. The van der Waals surface area contributed by atoms with E-state index in [1.54, 1.807) is 6.20 Å². The zero-order valence-corrected chi connectivity index (χ0v) is 15.0. The zero-order valence-electron chi connectivity index (χ0n) is 15.0. The highest BCUT2D eigenvalue weighted by atomic mass is 16.3. The normalized spacial score (nSPS) is 27.0. The van der Waals surface area contributed by atoms with Crippen LogP contribution in [0.4, 0.5) is 0 Å². The van der Waals surface area contributed by atoms with Gasteiger partial charge < -0.3 is 9.67 Å². The molecule has 4 heterocycles. The minimum absolute atomic E-state index is 0.126. The van der Waals surface area contributed by atoms with E-state index in [0.717, 1.165) is 50.2 Å². The van der Waals surface area contributed by atoms with Crippen LogP contribution in [0.15, 0.2) is 24.5 Å². The molecule has 1 aliphatic carbocycles. The van der Waals surface area contributed by atoms with Crippen LogP contribution in [0.3, 0.4) is 0 Å². The Kier molecular flexibility index (Phi) is 4.23. The zero-order chi connectivity index (χ0) is 17.5. The standard InChI is InChI=1S/C19H26N6O/c26-16-8-17(24(12-16)11-15-2-1-5-20-9-15)19-22-21-18-13-23(6-7-25(18)19)10-14-3-4-14/h1-2,5,9,14,16-17,26H,3-4,6-8,10-13H2. The third-order valence-electron chi connectivity index (χ3n) is 5.86. The molecule has 3 aliphatic rings. The Morgan fingerprint density at radius 2 is 2.12 bits per heavy atom. The van der Waals surface area contributed by atoms with Crippen molar-refractivity contribution >= 4 is 0 Å². The van der Waals surface area contributed by atoms with Crippen LogP contribution in [0.5, 0.6) is 0 Å². The average molecular weight is 354 g/mol. The maximum absolute atomic E-state index is 10.3. The van der Waals surface area contributed by atoms with Crippen LogP contribution < -0.4 is 0 Å². The number of aromatic nitrogens is 4. The summed E-state index contributed by atoms with van der Waals surface area (Å²) in [7, 11) is 0. The van der Waals surface area contributed by atoms with E-state index in [0.29, 0.717) is 6.54 Å². The van der Waals surface area contributed by atoms with Crippen LogP contribution in [-0.4, -0.2) is 60.4 Å². The Morgan fingerprint density at radius 1 is 1.19 bits per heavy atom. The predicted octanol–water partition coefficient (Wildman–Crippen LogP) is 1.21. The van der Waals surface area contributed by atoms with Gasteiger partial charge in [0, 0.05) is 45.1 Å². The summed E-state index contributed by atoms with van der Waals surface area (Å²) in [6, 6.07) is 4.18. The van der Waals surface area contributed by atoms with Crippen LogP contribution in [0.1, 0.15) is 42.5 Å². The van der Waals surface area contributed by atoms with E-state index in [4.69, 9.17) is 0 Å². The van der Waals surface area contributed by atoms with Crippen molar-refractivity contribution in [3.05, 3.63) is 41.7 Å². The lowest BCUT2D eigenvalue weighted by Crippen LogP contribution is -2.36. The fourth-order valence-electron chi connectivity index (χ4n) is 4.35. The molecule has 1 saturated heterocycles. The van der Waals surface area contributed by atoms with Gasteiger partial charge in [-0.15, -0.1) is 10.2 Å². The largest absolute Gasteiger partial charge is 0.392 e. The predicted molar refractivity (Wildman–Crippen MR) is 96.0 cm³/mol. The van der Waals surface area contributed by atoms with Gasteiger partial charge >= 0.3 is 0 Å². The summed E-state index contributed by atoms with van der Waals surface area (Å²) in [6.07, 6.45) is 6.89. The van der Waals surface area contributed by atoms with Gasteiger partial charge in [-0.2, -0.15) is 0 Å². The molecule has 0 amide bonds. The summed E-state index contributed by atoms with van der Waals surface area (Å²) in [6.45, 7) is 5.60. The molecule has 1 N–H and O–H groups in total. The number of hydrogen-bond donors (Lipinski definition) is 1. The molecular weight excluding hydrogens is 328 g/mol. The molecule has 2 fully saturated rings. The van der Waals surface area contributed by atoms with Crippen molar-refractivity contribution in [2.24, 2.45) is 5.92 Å². The van der Waals surface area contributed by atoms with E-state index in [-0.39, 0.29) is 12.1 Å². The Balaban J connectivity index is 1.34. The lowest BCUT2D eigenvalue weighted by molar-refractivity contribution is 0.171. The van der Waals surface area contributed by atoms with E-state index in [9.17, 15) is 5.11 Å². The smallest absolute Gasteiger partial charge is 0.150 e. The summed E-state index contributed by atoms with van der Waals surface area (Å²) in [5, 5.41) is 19.3. The van der Waals surface area contributed by atoms with E-state index in [1.807, 2.05) is 12.3 Å². The molecule has 7 nitrogen and oxygen atoms in total. The molecule has 5 rings (SSSR count). The quantitative estimate of drug-likeness (QED) is 0.870. The number of hydrogen-bond acceptors (Lipinski definition) is 6. The second-order valence-electron chi connectivity index (χ2n) is 8.00. The van der Waals surface area contributed by atoms with Crippen LogP contribution in [0.2, 0.25) is 0 Å². The first kappa shape index (κ1) is 16.4. The fourth-order valence-corrected chi connectivity index (χ4v) is 4.35. The molecule has 0 bridgehead atoms. The molecule has 0 radical (unpaired) electrons. The van der Waals surface area contributed by atoms with Crippen molar-refractivity contribution in [3.63, 3.8) is 0 Å². The Labute approximate surface area is 153 Å². The summed E-state index contributed by atoms with van der Waals surface area (Å²) < 4.78 is 2.29. The van der Waals surface area contributed by atoms with Gasteiger partial charge in [0.05, 0.1) is 18.7 Å². The SMILES string of the molecule is OC1CC(c2nnc3n2CCN(CC2CC2)C3)N(Cc2cccnc2)C1. The Bertz CT molecular complexity index is 759. The van der Waals surface area contributed by atoms with Gasteiger partial charge in [0.25, 0.3) is 0 Å². The lowest BCUT2D eigenvalue weighted by atomic mass is 10.1. The molecule has 2 unspecified atom stereocenters. The van der Waals surface area contributed by atoms with E-state index < -0.39 is 0 Å². The highest BCUT2D eigenvalue weighted by molar-refractivity contribution is 5.12. The summed E-state index contributed by atoms with van der Waals surface area (Å²) in [5.74, 6) is 3.00. The number of β-amino-alcohol motifs (C(OH)–C–C–N with tert-alkyl or cyclic N) is 1. The minimum atomic E-state index is -0.306. The topological polar surface area (TPSA) is 70.3 Å². The monoisotopic (exact) mass is 354 g/mol. The van der Waals surface area contributed by atoms with Gasteiger partial charge in [0.1, 0.15) is 5.82 Å². The van der Waals surface area contributed by atoms with Crippen molar-refractivity contribution in [1.82, 2.24) is 29.5 Å². The van der Waals surface area contributed by atoms with Gasteiger partial charge in [0.15, 0.2) is 5.82 Å². The van der Waals surface area contributed by atoms with Gasteiger partial charge in [-0.3, -0.25) is 14.8 Å². The second-order valence-corrected chi connectivity index (χ2v) is 8.00. The number of aliphatic hydroxyl groups is 1. The number of rotatable bonds is 5. The van der Waals surface area contributed by atoms with Crippen molar-refractivity contribution in [2.75, 3.05) is 19.6 Å². The number of likely N-dealkylation sites (tertiary alicyclic amines) is 1. The van der Waals surface area contributed by atoms with Crippen LogP contribution in [0, 0.1) is 5.92 Å². The number of fused-ring (bicyclic) bond motifs is 1. The Morgan fingerprint density at radius 3 is 2.92 bits per heavy atom. The van der Waals surface area contributed by atoms with Crippen LogP contribution in [-0.2, 0) is 19.6 Å². The Hall–Kier alpha value is -1.83. The first-order valence-corrected chi connectivity index (χ1v) is 9.71. The van der Waals surface area contributed by atoms with Gasteiger partial charge in [-0.1, -0.05) is 6.07 Å². The average Bonchev–Trinajstić information content (AvgIpc) is 3.25.